The zero-order valence-corrected chi connectivity index (χ0v) is 10.7. The third-order valence-corrected chi connectivity index (χ3v) is 2.95. The second-order valence-electron chi connectivity index (χ2n) is 4.33. The Kier molecular flexibility index (Phi) is 4.82. The molecule has 4 heteroatoms. The zero-order valence-electron chi connectivity index (χ0n) is 10.7. The van der Waals surface area contributed by atoms with Crippen molar-refractivity contribution in [3.05, 3.63) is 29.8 Å². The Balaban J connectivity index is 2.66. The minimum absolute atomic E-state index is 0.0239. The Morgan fingerprint density at radius 2 is 2.00 bits per heavy atom. The highest BCUT2D eigenvalue weighted by Crippen LogP contribution is 2.15. The second-order valence-corrected chi connectivity index (χ2v) is 4.33. The molecule has 1 unspecified atom stereocenters. The van der Waals surface area contributed by atoms with Gasteiger partial charge in [-0.1, -0.05) is 31.1 Å². The molecular formula is C13H21N3O. The van der Waals surface area contributed by atoms with E-state index in [4.69, 9.17) is 10.9 Å². The van der Waals surface area contributed by atoms with Crippen LogP contribution in [0.3, 0.4) is 0 Å². The largest absolute Gasteiger partial charge is 0.409 e. The number of hydrogen-bond donors (Lipinski definition) is 2. The third kappa shape index (κ3) is 3.66. The molecule has 1 aromatic rings. The van der Waals surface area contributed by atoms with Gasteiger partial charge in [0.2, 0.25) is 0 Å². The molecule has 0 amide bonds. The maximum atomic E-state index is 8.60. The summed E-state index contributed by atoms with van der Waals surface area (Å²) in [5.41, 5.74) is 8.03. The Labute approximate surface area is 103 Å². The number of aryl methyl sites for hydroxylation is 1. The number of anilines is 1. The predicted octanol–water partition coefficient (Wildman–Crippen LogP) is 2.07. The highest BCUT2D eigenvalue weighted by Gasteiger charge is 2.11. The highest BCUT2D eigenvalue weighted by molar-refractivity contribution is 5.82. The third-order valence-electron chi connectivity index (χ3n) is 2.95. The van der Waals surface area contributed by atoms with Gasteiger partial charge in [0.15, 0.2) is 0 Å². The molecule has 0 aromatic heterocycles. The smallest absolute Gasteiger partial charge is 0.143 e. The summed E-state index contributed by atoms with van der Waals surface area (Å²) < 4.78 is 0. The summed E-state index contributed by atoms with van der Waals surface area (Å²) in [4.78, 5) is 2.10. The van der Waals surface area contributed by atoms with Gasteiger partial charge < -0.3 is 15.8 Å². The molecule has 94 valence electrons. The van der Waals surface area contributed by atoms with Gasteiger partial charge in [0.05, 0.1) is 0 Å². The van der Waals surface area contributed by atoms with E-state index >= 15 is 0 Å². The number of rotatable bonds is 5. The van der Waals surface area contributed by atoms with E-state index in [-0.39, 0.29) is 11.8 Å². The van der Waals surface area contributed by atoms with Gasteiger partial charge in [-0.05, 0) is 24.1 Å². The first-order valence-electron chi connectivity index (χ1n) is 5.86. The van der Waals surface area contributed by atoms with Gasteiger partial charge in [-0.3, -0.25) is 0 Å². The van der Waals surface area contributed by atoms with E-state index < -0.39 is 0 Å². The van der Waals surface area contributed by atoms with E-state index in [2.05, 4.69) is 41.2 Å². The highest BCUT2D eigenvalue weighted by atomic mass is 16.4. The van der Waals surface area contributed by atoms with Gasteiger partial charge >= 0.3 is 0 Å². The molecule has 17 heavy (non-hydrogen) atoms. The summed E-state index contributed by atoms with van der Waals surface area (Å²) in [6.45, 7) is 4.80. The van der Waals surface area contributed by atoms with Crippen molar-refractivity contribution >= 4 is 11.5 Å². The van der Waals surface area contributed by atoms with Crippen LogP contribution < -0.4 is 10.6 Å². The van der Waals surface area contributed by atoms with Crippen molar-refractivity contribution in [2.45, 2.75) is 20.3 Å². The fourth-order valence-corrected chi connectivity index (χ4v) is 1.69. The molecule has 0 fully saturated rings. The van der Waals surface area contributed by atoms with E-state index in [9.17, 15) is 0 Å². The van der Waals surface area contributed by atoms with Crippen molar-refractivity contribution in [1.29, 1.82) is 0 Å². The average molecular weight is 235 g/mol. The van der Waals surface area contributed by atoms with Crippen LogP contribution in [0, 0.1) is 5.92 Å². The Morgan fingerprint density at radius 1 is 1.41 bits per heavy atom. The van der Waals surface area contributed by atoms with Crippen LogP contribution in [0.25, 0.3) is 0 Å². The van der Waals surface area contributed by atoms with Gasteiger partial charge in [0.1, 0.15) is 5.84 Å². The van der Waals surface area contributed by atoms with Crippen LogP contribution >= 0.6 is 0 Å². The Bertz CT molecular complexity index is 373. The summed E-state index contributed by atoms with van der Waals surface area (Å²) in [7, 11) is 2.00. The molecular weight excluding hydrogens is 214 g/mol. The van der Waals surface area contributed by atoms with Gasteiger partial charge in [0, 0.05) is 25.2 Å². The first-order chi connectivity index (χ1) is 8.08. The quantitative estimate of drug-likeness (QED) is 0.355. The van der Waals surface area contributed by atoms with Crippen molar-refractivity contribution in [3.8, 4) is 0 Å². The lowest BCUT2D eigenvalue weighted by molar-refractivity contribution is 0.314. The van der Waals surface area contributed by atoms with E-state index in [0.29, 0.717) is 0 Å². The molecule has 3 N–H and O–H groups in total. The van der Waals surface area contributed by atoms with Crippen molar-refractivity contribution in [3.63, 3.8) is 0 Å². The lowest BCUT2D eigenvalue weighted by atomic mass is 10.1. The molecule has 4 nitrogen and oxygen atoms in total. The van der Waals surface area contributed by atoms with E-state index in [1.807, 2.05) is 14.0 Å². The van der Waals surface area contributed by atoms with Crippen LogP contribution in [0.15, 0.2) is 29.4 Å². The lowest BCUT2D eigenvalue weighted by Gasteiger charge is -2.23. The summed E-state index contributed by atoms with van der Waals surface area (Å²) in [5.74, 6) is 0.290. The standard InChI is InChI=1S/C13H21N3O/c1-4-11-5-7-12(8-6-11)16(3)9-10(2)13(14)15-17/h5-8,10,17H,4,9H2,1-3H3,(H2,14,15). The molecule has 1 rings (SSSR count). The number of nitrogens with zero attached hydrogens (tertiary/aromatic N) is 2. The minimum atomic E-state index is 0.0239. The molecule has 0 spiro atoms. The first-order valence-corrected chi connectivity index (χ1v) is 5.86. The lowest BCUT2D eigenvalue weighted by Crippen LogP contribution is -2.32. The van der Waals surface area contributed by atoms with Crippen molar-refractivity contribution in [2.24, 2.45) is 16.8 Å². The van der Waals surface area contributed by atoms with Crippen LogP contribution in [0.2, 0.25) is 0 Å². The number of nitrogens with two attached hydrogens (primary N) is 1. The fourth-order valence-electron chi connectivity index (χ4n) is 1.69. The van der Waals surface area contributed by atoms with Crippen molar-refractivity contribution in [1.82, 2.24) is 0 Å². The van der Waals surface area contributed by atoms with Crippen LogP contribution in [-0.2, 0) is 6.42 Å². The van der Waals surface area contributed by atoms with Crippen molar-refractivity contribution in [2.75, 3.05) is 18.5 Å². The molecule has 0 radical (unpaired) electrons. The van der Waals surface area contributed by atoms with Gasteiger partial charge in [-0.2, -0.15) is 0 Å². The van der Waals surface area contributed by atoms with Gasteiger partial charge in [-0.25, -0.2) is 0 Å². The molecule has 0 aliphatic heterocycles. The van der Waals surface area contributed by atoms with Gasteiger partial charge in [0.25, 0.3) is 0 Å². The molecule has 0 aliphatic carbocycles. The average Bonchev–Trinajstić information content (AvgIpc) is 2.37. The van der Waals surface area contributed by atoms with Gasteiger partial charge in [-0.15, -0.1) is 0 Å². The molecule has 1 aromatic carbocycles. The number of benzene rings is 1. The molecule has 0 saturated carbocycles. The summed E-state index contributed by atoms with van der Waals surface area (Å²) in [6.07, 6.45) is 1.05. The fraction of sp³-hybridized carbons (Fsp3) is 0.462. The molecule has 0 heterocycles. The summed E-state index contributed by atoms with van der Waals surface area (Å²) >= 11 is 0. The summed E-state index contributed by atoms with van der Waals surface area (Å²) in [6, 6.07) is 8.44. The predicted molar refractivity (Wildman–Crippen MR) is 71.7 cm³/mol. The van der Waals surface area contributed by atoms with Crippen molar-refractivity contribution < 1.29 is 5.21 Å². The maximum absolute atomic E-state index is 8.60. The zero-order chi connectivity index (χ0) is 12.8. The number of oxime groups is 1. The second kappa shape index (κ2) is 6.13. The molecule has 1 atom stereocenters. The molecule has 0 saturated heterocycles. The van der Waals surface area contributed by atoms with E-state index in [1.165, 1.54) is 5.56 Å². The normalized spacial score (nSPS) is 13.5. The van der Waals surface area contributed by atoms with Crippen LogP contribution in [-0.4, -0.2) is 24.6 Å². The van der Waals surface area contributed by atoms with Crippen LogP contribution in [0.5, 0.6) is 0 Å². The number of hydrogen-bond acceptors (Lipinski definition) is 3. The monoisotopic (exact) mass is 235 g/mol. The minimum Gasteiger partial charge on any atom is -0.409 e. The SMILES string of the molecule is CCc1ccc(N(C)CC(C)C(N)=NO)cc1. The number of amidine groups is 1. The topological polar surface area (TPSA) is 61.8 Å². The maximum Gasteiger partial charge on any atom is 0.143 e. The first kappa shape index (κ1) is 13.4. The van der Waals surface area contributed by atoms with Crippen LogP contribution in [0.1, 0.15) is 19.4 Å². The molecule has 0 bridgehead atoms. The van der Waals surface area contributed by atoms with E-state index in [0.717, 1.165) is 18.7 Å². The Morgan fingerprint density at radius 3 is 2.47 bits per heavy atom. The summed E-state index contributed by atoms with van der Waals surface area (Å²) in [5, 5.41) is 11.6. The Hall–Kier alpha value is -1.71. The van der Waals surface area contributed by atoms with E-state index in [1.54, 1.807) is 0 Å². The van der Waals surface area contributed by atoms with Crippen LogP contribution in [0.4, 0.5) is 5.69 Å². The molecule has 0 aliphatic rings.